The van der Waals surface area contributed by atoms with Crippen molar-refractivity contribution in [2.24, 2.45) is 0 Å². The van der Waals surface area contributed by atoms with Gasteiger partial charge in [-0.1, -0.05) is 30.3 Å². The van der Waals surface area contributed by atoms with Crippen molar-refractivity contribution < 1.29 is 9.53 Å². The molecule has 2 nitrogen and oxygen atoms in total. The first kappa shape index (κ1) is 12.1. The molecule has 3 heteroatoms. The van der Waals surface area contributed by atoms with Crippen molar-refractivity contribution >= 4 is 17.7 Å². The van der Waals surface area contributed by atoms with Gasteiger partial charge in [0.05, 0.1) is 5.25 Å². The molecule has 0 fully saturated rings. The van der Waals surface area contributed by atoms with Crippen LogP contribution in [0.25, 0.3) is 0 Å². The van der Waals surface area contributed by atoms with Crippen LogP contribution in [0.3, 0.4) is 0 Å². The summed E-state index contributed by atoms with van der Waals surface area (Å²) in [5, 5.41) is -0.101. The molecular weight excluding hydrogens is 208 g/mol. The summed E-state index contributed by atoms with van der Waals surface area (Å²) in [5.74, 6) is -0.154. The van der Waals surface area contributed by atoms with Crippen molar-refractivity contribution in [2.45, 2.75) is 25.2 Å². The summed E-state index contributed by atoms with van der Waals surface area (Å²) in [4.78, 5) is 11.5. The molecule has 0 heterocycles. The van der Waals surface area contributed by atoms with Gasteiger partial charge in [-0.15, -0.1) is 0 Å². The Balaban J connectivity index is 2.56. The number of carbonyl (C=O) groups is 1. The Morgan fingerprint density at radius 2 is 1.87 bits per heavy atom. The number of ether oxygens (including phenoxy) is 1. The maximum Gasteiger partial charge on any atom is 0.319 e. The minimum absolute atomic E-state index is 0.101. The second kappa shape index (κ2) is 5.81. The van der Waals surface area contributed by atoms with Crippen LogP contribution in [-0.2, 0) is 9.53 Å². The van der Waals surface area contributed by atoms with E-state index in [9.17, 15) is 4.79 Å². The minimum Gasteiger partial charge on any atom is -0.457 e. The molecule has 0 saturated heterocycles. The van der Waals surface area contributed by atoms with Crippen LogP contribution in [0.4, 0.5) is 0 Å². The van der Waals surface area contributed by atoms with E-state index in [-0.39, 0.29) is 17.3 Å². The topological polar surface area (TPSA) is 26.3 Å². The average molecular weight is 224 g/mol. The van der Waals surface area contributed by atoms with E-state index in [4.69, 9.17) is 4.74 Å². The SMILES string of the molecule is CSC(C)C(=O)OC(C)c1ccccc1. The van der Waals surface area contributed by atoms with E-state index in [0.717, 1.165) is 5.56 Å². The molecule has 1 rings (SSSR count). The summed E-state index contributed by atoms with van der Waals surface area (Å²) in [5.41, 5.74) is 1.03. The normalized spacial score (nSPS) is 14.3. The smallest absolute Gasteiger partial charge is 0.319 e. The molecule has 2 unspecified atom stereocenters. The highest BCUT2D eigenvalue weighted by molar-refractivity contribution is 7.99. The number of esters is 1. The lowest BCUT2D eigenvalue weighted by molar-refractivity contribution is -0.147. The van der Waals surface area contributed by atoms with Gasteiger partial charge in [0.1, 0.15) is 6.10 Å². The summed E-state index contributed by atoms with van der Waals surface area (Å²) in [6, 6.07) is 9.75. The van der Waals surface area contributed by atoms with E-state index < -0.39 is 0 Å². The largest absolute Gasteiger partial charge is 0.457 e. The Morgan fingerprint density at radius 1 is 1.27 bits per heavy atom. The zero-order valence-electron chi connectivity index (χ0n) is 9.27. The highest BCUT2D eigenvalue weighted by atomic mass is 32.2. The van der Waals surface area contributed by atoms with Gasteiger partial charge in [0.2, 0.25) is 0 Å². The van der Waals surface area contributed by atoms with Crippen LogP contribution >= 0.6 is 11.8 Å². The van der Waals surface area contributed by atoms with Gasteiger partial charge in [0.25, 0.3) is 0 Å². The molecular formula is C12H16O2S. The molecule has 0 aliphatic rings. The maximum atomic E-state index is 11.5. The van der Waals surface area contributed by atoms with Crippen LogP contribution in [0.5, 0.6) is 0 Å². The molecule has 0 saturated carbocycles. The van der Waals surface area contributed by atoms with E-state index in [0.29, 0.717) is 0 Å². The molecule has 0 N–H and O–H groups in total. The molecule has 82 valence electrons. The first-order valence-corrected chi connectivity index (χ1v) is 6.22. The second-order valence-corrected chi connectivity index (χ2v) is 4.55. The summed E-state index contributed by atoms with van der Waals surface area (Å²) in [6.07, 6.45) is 1.73. The average Bonchev–Trinajstić information content (AvgIpc) is 2.29. The van der Waals surface area contributed by atoms with Crippen LogP contribution in [0, 0.1) is 0 Å². The molecule has 2 atom stereocenters. The first-order valence-electron chi connectivity index (χ1n) is 4.93. The Hall–Kier alpha value is -0.960. The predicted molar refractivity (Wildman–Crippen MR) is 63.9 cm³/mol. The maximum absolute atomic E-state index is 11.5. The fourth-order valence-corrected chi connectivity index (χ4v) is 1.41. The van der Waals surface area contributed by atoms with Crippen LogP contribution < -0.4 is 0 Å². The Morgan fingerprint density at radius 3 is 2.40 bits per heavy atom. The quantitative estimate of drug-likeness (QED) is 0.735. The third-order valence-corrected chi connectivity index (χ3v) is 3.15. The van der Waals surface area contributed by atoms with Crippen LogP contribution in [-0.4, -0.2) is 17.5 Å². The Kier molecular flexibility index (Phi) is 4.69. The summed E-state index contributed by atoms with van der Waals surface area (Å²) in [7, 11) is 0. The van der Waals surface area contributed by atoms with E-state index >= 15 is 0 Å². The molecule has 0 bridgehead atoms. The van der Waals surface area contributed by atoms with Crippen molar-refractivity contribution in [2.75, 3.05) is 6.26 Å². The lowest BCUT2D eigenvalue weighted by atomic mass is 10.1. The second-order valence-electron chi connectivity index (χ2n) is 3.37. The van der Waals surface area contributed by atoms with Crippen LogP contribution in [0.1, 0.15) is 25.5 Å². The number of benzene rings is 1. The summed E-state index contributed by atoms with van der Waals surface area (Å²) in [6.45, 7) is 3.74. The van der Waals surface area contributed by atoms with Gasteiger partial charge in [0.15, 0.2) is 0 Å². The van der Waals surface area contributed by atoms with Gasteiger partial charge in [-0.2, -0.15) is 11.8 Å². The van der Waals surface area contributed by atoms with Gasteiger partial charge >= 0.3 is 5.97 Å². The summed E-state index contributed by atoms with van der Waals surface area (Å²) >= 11 is 1.50. The van der Waals surface area contributed by atoms with Gasteiger partial charge in [-0.3, -0.25) is 4.79 Å². The van der Waals surface area contributed by atoms with Crippen LogP contribution in [0.15, 0.2) is 30.3 Å². The molecule has 0 spiro atoms. The molecule has 0 aromatic heterocycles. The van der Waals surface area contributed by atoms with Crippen molar-refractivity contribution in [3.63, 3.8) is 0 Å². The number of hydrogen-bond acceptors (Lipinski definition) is 3. The minimum atomic E-state index is -0.173. The first-order chi connectivity index (χ1) is 7.15. The molecule has 0 radical (unpaired) electrons. The Labute approximate surface area is 95.0 Å². The number of rotatable bonds is 4. The van der Waals surface area contributed by atoms with E-state index in [1.165, 1.54) is 11.8 Å². The van der Waals surface area contributed by atoms with Gasteiger partial charge in [-0.05, 0) is 25.7 Å². The predicted octanol–water partition coefficient (Wildman–Crippen LogP) is 3.04. The van der Waals surface area contributed by atoms with Crippen molar-refractivity contribution in [1.82, 2.24) is 0 Å². The highest BCUT2D eigenvalue weighted by Crippen LogP contribution is 2.18. The summed E-state index contributed by atoms with van der Waals surface area (Å²) < 4.78 is 5.33. The van der Waals surface area contributed by atoms with Crippen molar-refractivity contribution in [3.8, 4) is 0 Å². The number of hydrogen-bond donors (Lipinski definition) is 0. The fraction of sp³-hybridized carbons (Fsp3) is 0.417. The zero-order valence-corrected chi connectivity index (χ0v) is 10.1. The van der Waals surface area contributed by atoms with Gasteiger partial charge < -0.3 is 4.74 Å². The molecule has 1 aromatic rings. The number of carbonyl (C=O) groups excluding carboxylic acids is 1. The van der Waals surface area contributed by atoms with Crippen molar-refractivity contribution in [1.29, 1.82) is 0 Å². The third kappa shape index (κ3) is 3.59. The molecule has 15 heavy (non-hydrogen) atoms. The monoisotopic (exact) mass is 224 g/mol. The Bertz CT molecular complexity index is 311. The standard InChI is InChI=1S/C12H16O2S/c1-9(11-7-5-4-6-8-11)14-12(13)10(2)15-3/h4-10H,1-3H3. The van der Waals surface area contributed by atoms with E-state index in [1.807, 2.05) is 50.4 Å². The molecule has 0 aliphatic heterocycles. The van der Waals surface area contributed by atoms with Crippen LogP contribution in [0.2, 0.25) is 0 Å². The lowest BCUT2D eigenvalue weighted by Gasteiger charge is -2.15. The lowest BCUT2D eigenvalue weighted by Crippen LogP contribution is -2.18. The fourth-order valence-electron chi connectivity index (χ4n) is 1.16. The molecule has 0 amide bonds. The van der Waals surface area contributed by atoms with Gasteiger partial charge in [0, 0.05) is 0 Å². The highest BCUT2D eigenvalue weighted by Gasteiger charge is 2.16. The third-order valence-electron chi connectivity index (χ3n) is 2.25. The molecule has 0 aliphatic carbocycles. The van der Waals surface area contributed by atoms with E-state index in [2.05, 4.69) is 0 Å². The van der Waals surface area contributed by atoms with E-state index in [1.54, 1.807) is 0 Å². The molecule has 1 aromatic carbocycles. The zero-order chi connectivity index (χ0) is 11.3. The van der Waals surface area contributed by atoms with Gasteiger partial charge in [-0.25, -0.2) is 0 Å². The van der Waals surface area contributed by atoms with Crippen molar-refractivity contribution in [3.05, 3.63) is 35.9 Å². The number of thioether (sulfide) groups is 1.